The van der Waals surface area contributed by atoms with E-state index < -0.39 is 0 Å². The first-order chi connectivity index (χ1) is 7.16. The highest BCUT2D eigenvalue weighted by Crippen LogP contribution is 2.19. The molecule has 2 unspecified atom stereocenters. The number of aromatic nitrogens is 2. The van der Waals surface area contributed by atoms with Gasteiger partial charge in [0.05, 0.1) is 6.10 Å². The van der Waals surface area contributed by atoms with Crippen molar-refractivity contribution in [2.75, 3.05) is 18.0 Å². The largest absolute Gasteiger partial charge is 0.393 e. The lowest BCUT2D eigenvalue weighted by Gasteiger charge is -2.34. The quantitative estimate of drug-likeness (QED) is 0.746. The van der Waals surface area contributed by atoms with E-state index in [0.29, 0.717) is 5.92 Å². The molecule has 15 heavy (non-hydrogen) atoms. The van der Waals surface area contributed by atoms with Crippen LogP contribution >= 0.6 is 0 Å². The van der Waals surface area contributed by atoms with Crippen LogP contribution in [0.4, 0.5) is 5.95 Å². The zero-order chi connectivity index (χ0) is 10.8. The van der Waals surface area contributed by atoms with Crippen LogP contribution in [0.25, 0.3) is 0 Å². The summed E-state index contributed by atoms with van der Waals surface area (Å²) in [5.74, 6) is 1.07. The summed E-state index contributed by atoms with van der Waals surface area (Å²) in [6.07, 6.45) is 4.29. The van der Waals surface area contributed by atoms with Crippen molar-refractivity contribution in [2.45, 2.75) is 26.4 Å². The number of aliphatic hydroxyl groups is 1. The van der Waals surface area contributed by atoms with Crippen molar-refractivity contribution in [1.82, 2.24) is 9.97 Å². The fourth-order valence-electron chi connectivity index (χ4n) is 1.86. The van der Waals surface area contributed by atoms with Gasteiger partial charge in [-0.2, -0.15) is 0 Å². The Labute approximate surface area is 90.0 Å². The molecule has 0 aliphatic carbocycles. The maximum atomic E-state index is 9.62. The Morgan fingerprint density at radius 1 is 1.40 bits per heavy atom. The molecule has 0 bridgehead atoms. The molecule has 0 radical (unpaired) electrons. The van der Waals surface area contributed by atoms with Gasteiger partial charge in [-0.05, 0) is 24.8 Å². The molecule has 4 heteroatoms. The molecular weight excluding hydrogens is 190 g/mol. The van der Waals surface area contributed by atoms with Gasteiger partial charge >= 0.3 is 0 Å². The van der Waals surface area contributed by atoms with Gasteiger partial charge in [0.2, 0.25) is 5.95 Å². The van der Waals surface area contributed by atoms with Crippen LogP contribution < -0.4 is 4.90 Å². The van der Waals surface area contributed by atoms with Crippen molar-refractivity contribution in [2.24, 2.45) is 5.92 Å². The average Bonchev–Trinajstić information content (AvgIpc) is 2.23. The molecule has 4 nitrogen and oxygen atoms in total. The fourth-order valence-corrected chi connectivity index (χ4v) is 1.86. The highest BCUT2D eigenvalue weighted by atomic mass is 16.3. The van der Waals surface area contributed by atoms with Gasteiger partial charge in [0.15, 0.2) is 0 Å². The van der Waals surface area contributed by atoms with Crippen molar-refractivity contribution in [3.8, 4) is 0 Å². The normalized spacial score (nSPS) is 26.7. The first kappa shape index (κ1) is 10.4. The Balaban J connectivity index is 2.08. The summed E-state index contributed by atoms with van der Waals surface area (Å²) in [6, 6.07) is 0. The molecule has 1 aromatic heterocycles. The molecule has 1 aromatic rings. The van der Waals surface area contributed by atoms with E-state index in [1.807, 2.05) is 19.3 Å². The fraction of sp³-hybridized carbons (Fsp3) is 0.636. The van der Waals surface area contributed by atoms with Crippen LogP contribution in [0, 0.1) is 12.8 Å². The lowest BCUT2D eigenvalue weighted by molar-refractivity contribution is 0.0966. The molecule has 0 spiro atoms. The zero-order valence-electron chi connectivity index (χ0n) is 9.22. The summed E-state index contributed by atoms with van der Waals surface area (Å²) in [7, 11) is 0. The Hall–Kier alpha value is -1.16. The molecule has 2 atom stereocenters. The summed E-state index contributed by atoms with van der Waals surface area (Å²) in [5.41, 5.74) is 1.07. The Morgan fingerprint density at radius 3 is 2.67 bits per heavy atom. The summed E-state index contributed by atoms with van der Waals surface area (Å²) in [6.45, 7) is 5.72. The van der Waals surface area contributed by atoms with Crippen molar-refractivity contribution in [3.63, 3.8) is 0 Å². The van der Waals surface area contributed by atoms with Gasteiger partial charge in [0, 0.05) is 25.5 Å². The van der Waals surface area contributed by atoms with Crippen molar-refractivity contribution in [3.05, 3.63) is 18.0 Å². The number of aryl methyl sites for hydroxylation is 1. The molecule has 2 heterocycles. The van der Waals surface area contributed by atoms with Gasteiger partial charge in [-0.1, -0.05) is 6.92 Å². The van der Waals surface area contributed by atoms with Crippen molar-refractivity contribution >= 4 is 5.95 Å². The Kier molecular flexibility index (Phi) is 2.86. The number of aliphatic hydroxyl groups excluding tert-OH is 1. The van der Waals surface area contributed by atoms with E-state index in [-0.39, 0.29) is 6.10 Å². The number of piperidine rings is 1. The average molecular weight is 207 g/mol. The van der Waals surface area contributed by atoms with Gasteiger partial charge in [-0.3, -0.25) is 0 Å². The molecule has 0 aromatic carbocycles. The predicted molar refractivity (Wildman–Crippen MR) is 58.8 cm³/mol. The van der Waals surface area contributed by atoms with Crippen LogP contribution in [0.5, 0.6) is 0 Å². The smallest absolute Gasteiger partial charge is 0.225 e. The predicted octanol–water partition coefficient (Wildman–Crippen LogP) is 0.992. The van der Waals surface area contributed by atoms with Gasteiger partial charge in [-0.25, -0.2) is 9.97 Å². The molecule has 1 N–H and O–H groups in total. The molecule has 1 saturated heterocycles. The third-order valence-corrected chi connectivity index (χ3v) is 2.91. The molecule has 0 saturated carbocycles. The topological polar surface area (TPSA) is 49.2 Å². The SMILES string of the molecule is Cc1cnc(N2CCC(O)C(C)C2)nc1. The van der Waals surface area contributed by atoms with E-state index in [1.54, 1.807) is 0 Å². The van der Waals surface area contributed by atoms with Gasteiger partial charge in [-0.15, -0.1) is 0 Å². The number of hydrogen-bond acceptors (Lipinski definition) is 4. The van der Waals surface area contributed by atoms with Crippen molar-refractivity contribution in [1.29, 1.82) is 0 Å². The molecule has 1 aliphatic heterocycles. The van der Waals surface area contributed by atoms with Gasteiger partial charge in [0.1, 0.15) is 0 Å². The van der Waals surface area contributed by atoms with Crippen LogP contribution in [-0.4, -0.2) is 34.3 Å². The molecule has 2 rings (SSSR count). The number of rotatable bonds is 1. The van der Waals surface area contributed by atoms with E-state index in [0.717, 1.165) is 31.0 Å². The molecular formula is C11H17N3O. The van der Waals surface area contributed by atoms with Crippen LogP contribution in [0.3, 0.4) is 0 Å². The maximum Gasteiger partial charge on any atom is 0.225 e. The summed E-state index contributed by atoms with van der Waals surface area (Å²) in [5, 5.41) is 9.62. The second-order valence-electron chi connectivity index (χ2n) is 4.34. The lowest BCUT2D eigenvalue weighted by atomic mass is 9.97. The Morgan fingerprint density at radius 2 is 2.07 bits per heavy atom. The number of hydrogen-bond donors (Lipinski definition) is 1. The lowest BCUT2D eigenvalue weighted by Crippen LogP contribution is -2.42. The third kappa shape index (κ3) is 2.26. The molecule has 0 amide bonds. The van der Waals surface area contributed by atoms with Gasteiger partial charge in [0.25, 0.3) is 0 Å². The van der Waals surface area contributed by atoms with Crippen molar-refractivity contribution < 1.29 is 5.11 Å². The summed E-state index contributed by atoms with van der Waals surface area (Å²) < 4.78 is 0. The maximum absolute atomic E-state index is 9.62. The second kappa shape index (κ2) is 4.14. The molecule has 1 aliphatic rings. The van der Waals surface area contributed by atoms with Crippen LogP contribution in [-0.2, 0) is 0 Å². The second-order valence-corrected chi connectivity index (χ2v) is 4.34. The minimum atomic E-state index is -0.174. The van der Waals surface area contributed by atoms with Gasteiger partial charge < -0.3 is 10.0 Å². The molecule has 82 valence electrons. The minimum Gasteiger partial charge on any atom is -0.393 e. The zero-order valence-corrected chi connectivity index (χ0v) is 9.22. The standard InChI is InChI=1S/C11H17N3O/c1-8-5-12-11(13-6-8)14-4-3-10(15)9(2)7-14/h5-6,9-10,15H,3-4,7H2,1-2H3. The number of anilines is 1. The van der Waals surface area contributed by atoms with Crippen LogP contribution in [0.2, 0.25) is 0 Å². The van der Waals surface area contributed by atoms with E-state index in [4.69, 9.17) is 0 Å². The summed E-state index contributed by atoms with van der Waals surface area (Å²) >= 11 is 0. The Bertz CT molecular complexity index is 325. The van der Waals surface area contributed by atoms with E-state index in [9.17, 15) is 5.11 Å². The highest BCUT2D eigenvalue weighted by molar-refractivity contribution is 5.30. The first-order valence-corrected chi connectivity index (χ1v) is 5.38. The highest BCUT2D eigenvalue weighted by Gasteiger charge is 2.25. The third-order valence-electron chi connectivity index (χ3n) is 2.91. The monoisotopic (exact) mass is 207 g/mol. The minimum absolute atomic E-state index is 0.174. The van der Waals surface area contributed by atoms with Crippen LogP contribution in [0.1, 0.15) is 18.9 Å². The van der Waals surface area contributed by atoms with Crippen LogP contribution in [0.15, 0.2) is 12.4 Å². The first-order valence-electron chi connectivity index (χ1n) is 5.38. The van der Waals surface area contributed by atoms with E-state index in [1.165, 1.54) is 0 Å². The molecule has 1 fully saturated rings. The van der Waals surface area contributed by atoms with E-state index in [2.05, 4.69) is 21.8 Å². The number of nitrogens with zero attached hydrogens (tertiary/aromatic N) is 3. The summed E-state index contributed by atoms with van der Waals surface area (Å²) in [4.78, 5) is 10.7. The van der Waals surface area contributed by atoms with E-state index >= 15 is 0 Å².